The number of benzene rings is 1. The van der Waals surface area contributed by atoms with Gasteiger partial charge in [0.25, 0.3) is 5.91 Å². The Bertz CT molecular complexity index is 582. The third kappa shape index (κ3) is 4.06. The highest BCUT2D eigenvalue weighted by atomic mass is 32.1. The Hall–Kier alpha value is -1.85. The van der Waals surface area contributed by atoms with Gasteiger partial charge in [-0.1, -0.05) is 30.3 Å². The maximum atomic E-state index is 12.2. The second-order valence-corrected chi connectivity index (χ2v) is 5.75. The van der Waals surface area contributed by atoms with E-state index in [-0.39, 0.29) is 11.9 Å². The fourth-order valence-corrected chi connectivity index (χ4v) is 2.79. The summed E-state index contributed by atoms with van der Waals surface area (Å²) in [6.45, 7) is 1.80. The number of carbonyl (C=O) groups is 1. The Balaban J connectivity index is 1.94. The van der Waals surface area contributed by atoms with Crippen molar-refractivity contribution in [2.75, 3.05) is 7.11 Å². The minimum atomic E-state index is -0.637. The molecule has 0 aliphatic heterocycles. The maximum Gasteiger partial charge on any atom is 0.265 e. The number of amides is 1. The van der Waals surface area contributed by atoms with Gasteiger partial charge < -0.3 is 15.2 Å². The van der Waals surface area contributed by atoms with Crippen molar-refractivity contribution in [3.05, 3.63) is 52.2 Å². The molecule has 0 saturated carbocycles. The predicted octanol–water partition coefficient (Wildman–Crippen LogP) is 2.48. The van der Waals surface area contributed by atoms with Gasteiger partial charge in [-0.2, -0.15) is 0 Å². The van der Waals surface area contributed by atoms with Crippen molar-refractivity contribution >= 4 is 17.2 Å². The van der Waals surface area contributed by atoms with Crippen molar-refractivity contribution in [1.82, 2.24) is 5.32 Å². The molecule has 21 heavy (non-hydrogen) atoms. The number of thiophene rings is 1. The smallest absolute Gasteiger partial charge is 0.265 e. The summed E-state index contributed by atoms with van der Waals surface area (Å²) in [7, 11) is 1.53. The molecule has 1 amide bonds. The molecule has 2 rings (SSSR count). The van der Waals surface area contributed by atoms with Crippen LogP contribution in [0, 0.1) is 0 Å². The second kappa shape index (κ2) is 7.24. The van der Waals surface area contributed by atoms with Gasteiger partial charge in [-0.05, 0) is 23.9 Å². The first-order chi connectivity index (χ1) is 10.1. The summed E-state index contributed by atoms with van der Waals surface area (Å²) in [5.74, 6) is 0.337. The van der Waals surface area contributed by atoms with Crippen LogP contribution in [-0.4, -0.2) is 30.3 Å². The van der Waals surface area contributed by atoms with Gasteiger partial charge in [0.15, 0.2) is 0 Å². The highest BCUT2D eigenvalue weighted by Crippen LogP contribution is 2.24. The van der Waals surface area contributed by atoms with Crippen molar-refractivity contribution in [2.24, 2.45) is 0 Å². The summed E-state index contributed by atoms with van der Waals surface area (Å²) < 4.78 is 5.13. The molecule has 0 aliphatic carbocycles. The first-order valence-corrected chi connectivity index (χ1v) is 7.64. The highest BCUT2D eigenvalue weighted by Gasteiger charge is 2.20. The van der Waals surface area contributed by atoms with Gasteiger partial charge >= 0.3 is 0 Å². The Morgan fingerprint density at radius 1 is 1.33 bits per heavy atom. The van der Waals surface area contributed by atoms with E-state index in [4.69, 9.17) is 4.74 Å². The Morgan fingerprint density at radius 3 is 2.71 bits per heavy atom. The van der Waals surface area contributed by atoms with Crippen molar-refractivity contribution in [2.45, 2.75) is 25.5 Å². The fraction of sp³-hybridized carbons (Fsp3) is 0.312. The number of methoxy groups -OCH3 is 1. The number of hydrogen-bond donors (Lipinski definition) is 2. The van der Waals surface area contributed by atoms with Crippen LogP contribution in [0.5, 0.6) is 5.75 Å². The zero-order valence-electron chi connectivity index (χ0n) is 12.1. The highest BCUT2D eigenvalue weighted by molar-refractivity contribution is 7.12. The molecule has 1 heterocycles. The molecule has 0 fully saturated rings. The normalized spacial score (nSPS) is 13.5. The lowest BCUT2D eigenvalue weighted by molar-refractivity contribution is 0.0853. The van der Waals surface area contributed by atoms with E-state index in [1.165, 1.54) is 18.4 Å². The zero-order valence-corrected chi connectivity index (χ0v) is 12.9. The topological polar surface area (TPSA) is 58.6 Å². The maximum absolute atomic E-state index is 12.2. The first-order valence-electron chi connectivity index (χ1n) is 6.76. The number of ether oxygens (including phenoxy) is 1. The Kier molecular flexibility index (Phi) is 5.36. The van der Waals surface area contributed by atoms with E-state index in [9.17, 15) is 9.90 Å². The third-order valence-electron chi connectivity index (χ3n) is 3.28. The number of nitrogens with one attached hydrogen (secondary N) is 1. The van der Waals surface area contributed by atoms with Crippen molar-refractivity contribution in [3.8, 4) is 5.75 Å². The summed E-state index contributed by atoms with van der Waals surface area (Å²) in [6.07, 6.45) is -0.133. The van der Waals surface area contributed by atoms with Crippen LogP contribution in [0.4, 0.5) is 0 Å². The van der Waals surface area contributed by atoms with E-state index in [0.29, 0.717) is 17.0 Å². The number of hydrogen-bond acceptors (Lipinski definition) is 4. The summed E-state index contributed by atoms with van der Waals surface area (Å²) >= 11 is 1.32. The molecule has 1 aromatic carbocycles. The lowest BCUT2D eigenvalue weighted by Crippen LogP contribution is -2.41. The number of aliphatic hydroxyl groups is 1. The quantitative estimate of drug-likeness (QED) is 0.862. The number of rotatable bonds is 6. The van der Waals surface area contributed by atoms with Crippen LogP contribution in [0.1, 0.15) is 22.2 Å². The first kappa shape index (κ1) is 15.5. The Morgan fingerprint density at radius 2 is 2.05 bits per heavy atom. The molecule has 5 heteroatoms. The van der Waals surface area contributed by atoms with Crippen LogP contribution in [0.15, 0.2) is 41.8 Å². The number of aliphatic hydroxyl groups excluding tert-OH is 1. The van der Waals surface area contributed by atoms with Gasteiger partial charge in [0.2, 0.25) is 0 Å². The second-order valence-electron chi connectivity index (χ2n) is 4.84. The van der Waals surface area contributed by atoms with Crippen LogP contribution in [0.25, 0.3) is 0 Å². The standard InChI is InChI=1S/C16H19NO3S/c1-11(13(18)10-12-6-4-3-5-7-12)17-16(19)15-14(20-2)8-9-21-15/h3-9,11,13,18H,10H2,1-2H3,(H,17,19). The molecule has 0 spiro atoms. The van der Waals surface area contributed by atoms with Crippen molar-refractivity contribution in [3.63, 3.8) is 0 Å². The van der Waals surface area contributed by atoms with Crippen molar-refractivity contribution < 1.29 is 14.6 Å². The average molecular weight is 305 g/mol. The number of carbonyl (C=O) groups excluding carboxylic acids is 1. The largest absolute Gasteiger partial charge is 0.495 e. The monoisotopic (exact) mass is 305 g/mol. The molecular formula is C16H19NO3S. The summed E-state index contributed by atoms with van der Waals surface area (Å²) in [5.41, 5.74) is 1.04. The molecule has 1 aromatic heterocycles. The van der Waals surface area contributed by atoms with E-state index >= 15 is 0 Å². The summed E-state index contributed by atoms with van der Waals surface area (Å²) in [6, 6.07) is 11.1. The lowest BCUT2D eigenvalue weighted by atomic mass is 10.0. The van der Waals surface area contributed by atoms with E-state index in [2.05, 4.69) is 5.32 Å². The minimum Gasteiger partial charge on any atom is -0.495 e. The van der Waals surface area contributed by atoms with Crippen molar-refractivity contribution in [1.29, 1.82) is 0 Å². The third-order valence-corrected chi connectivity index (χ3v) is 4.17. The van der Waals surface area contributed by atoms with Crippen LogP contribution >= 0.6 is 11.3 Å². The van der Waals surface area contributed by atoms with E-state index in [0.717, 1.165) is 5.56 Å². The molecule has 0 aliphatic rings. The van der Waals surface area contributed by atoms with E-state index in [1.807, 2.05) is 30.3 Å². The van der Waals surface area contributed by atoms with Gasteiger partial charge in [-0.3, -0.25) is 4.79 Å². The van der Waals surface area contributed by atoms with Crippen LogP contribution in [0.3, 0.4) is 0 Å². The van der Waals surface area contributed by atoms with Gasteiger partial charge in [0.1, 0.15) is 10.6 Å². The van der Waals surface area contributed by atoms with E-state index < -0.39 is 6.10 Å². The molecule has 0 bridgehead atoms. The van der Waals surface area contributed by atoms with E-state index in [1.54, 1.807) is 18.4 Å². The molecule has 4 nitrogen and oxygen atoms in total. The lowest BCUT2D eigenvalue weighted by Gasteiger charge is -2.20. The molecular weight excluding hydrogens is 286 g/mol. The predicted molar refractivity (Wildman–Crippen MR) is 84.0 cm³/mol. The molecule has 2 N–H and O–H groups in total. The van der Waals surface area contributed by atoms with Crippen LogP contribution < -0.4 is 10.1 Å². The molecule has 0 saturated heterocycles. The average Bonchev–Trinajstić information content (AvgIpc) is 2.96. The van der Waals surface area contributed by atoms with Gasteiger partial charge in [-0.15, -0.1) is 11.3 Å². The fourth-order valence-electron chi connectivity index (χ4n) is 2.02. The zero-order chi connectivity index (χ0) is 15.2. The molecule has 2 atom stereocenters. The van der Waals surface area contributed by atoms with Gasteiger partial charge in [0.05, 0.1) is 19.3 Å². The van der Waals surface area contributed by atoms with Gasteiger partial charge in [-0.25, -0.2) is 0 Å². The molecule has 0 radical (unpaired) electrons. The Labute approximate surface area is 128 Å². The summed E-state index contributed by atoms with van der Waals surface area (Å²) in [4.78, 5) is 12.7. The van der Waals surface area contributed by atoms with Crippen LogP contribution in [0.2, 0.25) is 0 Å². The molecule has 2 unspecified atom stereocenters. The molecule has 112 valence electrons. The SMILES string of the molecule is COc1ccsc1C(=O)NC(C)C(O)Cc1ccccc1. The molecule has 2 aromatic rings. The summed E-state index contributed by atoms with van der Waals surface area (Å²) in [5, 5.41) is 14.8. The van der Waals surface area contributed by atoms with Crippen LogP contribution in [-0.2, 0) is 6.42 Å². The minimum absolute atomic E-state index is 0.221. The van der Waals surface area contributed by atoms with Gasteiger partial charge in [0, 0.05) is 6.42 Å².